The zero-order chi connectivity index (χ0) is 15.3. The molecule has 0 saturated carbocycles. The molecule has 0 spiro atoms. The Balaban J connectivity index is 2.60. The van der Waals surface area contributed by atoms with Crippen LogP contribution in [0.2, 0.25) is 0 Å². The van der Waals surface area contributed by atoms with E-state index in [-0.39, 0.29) is 24.3 Å². The average molecular weight is 282 g/mol. The van der Waals surface area contributed by atoms with Gasteiger partial charge >= 0.3 is 5.97 Å². The minimum Gasteiger partial charge on any atom is -0.463 e. The third kappa shape index (κ3) is 4.70. The summed E-state index contributed by atoms with van der Waals surface area (Å²) in [5.74, 6) is 0.304. The molecule has 0 aliphatic carbocycles. The first kappa shape index (κ1) is 16.2. The lowest BCUT2D eigenvalue weighted by Crippen LogP contribution is -2.38. The van der Waals surface area contributed by atoms with Crippen LogP contribution in [0, 0.1) is 6.92 Å². The number of ether oxygens (including phenoxy) is 1. The Bertz CT molecular complexity index is 480. The second-order valence-electron chi connectivity index (χ2n) is 5.11. The van der Waals surface area contributed by atoms with E-state index in [4.69, 9.17) is 4.42 Å². The molecular formula is C14H22N2O4. The van der Waals surface area contributed by atoms with E-state index in [1.165, 1.54) is 7.11 Å². The van der Waals surface area contributed by atoms with Crippen molar-refractivity contribution in [2.45, 2.75) is 33.4 Å². The number of carbonyl (C=O) groups is 2. The van der Waals surface area contributed by atoms with E-state index in [0.29, 0.717) is 12.3 Å². The first-order valence-corrected chi connectivity index (χ1v) is 6.49. The summed E-state index contributed by atoms with van der Waals surface area (Å²) >= 11 is 0. The van der Waals surface area contributed by atoms with E-state index < -0.39 is 5.97 Å². The fourth-order valence-electron chi connectivity index (χ4n) is 1.86. The van der Waals surface area contributed by atoms with E-state index in [9.17, 15) is 9.59 Å². The van der Waals surface area contributed by atoms with Crippen LogP contribution in [0.5, 0.6) is 0 Å². The van der Waals surface area contributed by atoms with E-state index in [1.54, 1.807) is 13.0 Å². The minimum absolute atomic E-state index is 0.0426. The molecule has 1 aromatic heterocycles. The third-order valence-corrected chi connectivity index (χ3v) is 2.63. The lowest BCUT2D eigenvalue weighted by molar-refractivity contribution is -0.122. The van der Waals surface area contributed by atoms with Crippen molar-refractivity contribution < 1.29 is 18.7 Å². The maximum atomic E-state index is 11.6. The van der Waals surface area contributed by atoms with Crippen LogP contribution in [0.25, 0.3) is 0 Å². The Labute approximate surface area is 119 Å². The number of hydrogen-bond acceptors (Lipinski definition) is 5. The van der Waals surface area contributed by atoms with Gasteiger partial charge in [-0.3, -0.25) is 9.69 Å². The van der Waals surface area contributed by atoms with Crippen molar-refractivity contribution in [1.29, 1.82) is 0 Å². The highest BCUT2D eigenvalue weighted by Crippen LogP contribution is 2.16. The van der Waals surface area contributed by atoms with Crippen LogP contribution in [0.4, 0.5) is 0 Å². The van der Waals surface area contributed by atoms with Crippen molar-refractivity contribution in [1.82, 2.24) is 10.2 Å². The van der Waals surface area contributed by atoms with Crippen molar-refractivity contribution in [3.05, 3.63) is 23.2 Å². The summed E-state index contributed by atoms with van der Waals surface area (Å²) < 4.78 is 10.1. The van der Waals surface area contributed by atoms with Crippen molar-refractivity contribution in [3.8, 4) is 0 Å². The van der Waals surface area contributed by atoms with Gasteiger partial charge in [0.25, 0.3) is 0 Å². The van der Waals surface area contributed by atoms with Crippen LogP contribution in [-0.2, 0) is 16.1 Å². The molecule has 0 radical (unpaired) electrons. The predicted octanol–water partition coefficient (Wildman–Crippen LogP) is 1.33. The molecule has 0 unspecified atom stereocenters. The monoisotopic (exact) mass is 282 g/mol. The highest BCUT2D eigenvalue weighted by Gasteiger charge is 2.17. The van der Waals surface area contributed by atoms with Gasteiger partial charge in [0.1, 0.15) is 5.76 Å². The quantitative estimate of drug-likeness (QED) is 0.797. The minimum atomic E-state index is -0.492. The molecule has 0 bridgehead atoms. The number of carbonyl (C=O) groups excluding carboxylic acids is 2. The van der Waals surface area contributed by atoms with Crippen molar-refractivity contribution in [2.24, 2.45) is 0 Å². The lowest BCUT2D eigenvalue weighted by atomic mass is 10.2. The summed E-state index contributed by atoms with van der Waals surface area (Å²) in [6.07, 6.45) is 0. The number of furan rings is 1. The number of methoxy groups -OCH3 is 1. The smallest absolute Gasteiger partial charge is 0.374 e. The molecule has 1 rings (SSSR count). The van der Waals surface area contributed by atoms with Crippen LogP contribution in [0.3, 0.4) is 0 Å². The standard InChI is InChI=1S/C14H22N2O4/c1-9(2)15-12(17)8-16(4)7-11-6-10(3)13(20-11)14(18)19-5/h6,9H,7-8H2,1-5H3,(H,15,17). The predicted molar refractivity (Wildman–Crippen MR) is 74.4 cm³/mol. The molecule has 6 heteroatoms. The average Bonchev–Trinajstić information content (AvgIpc) is 2.67. The number of nitrogens with one attached hydrogen (secondary N) is 1. The number of esters is 1. The van der Waals surface area contributed by atoms with Crippen LogP contribution in [0.1, 0.15) is 35.7 Å². The van der Waals surface area contributed by atoms with Crippen molar-refractivity contribution >= 4 is 11.9 Å². The number of amides is 1. The Kier molecular flexibility index (Phi) is 5.76. The van der Waals surface area contributed by atoms with Gasteiger partial charge in [-0.2, -0.15) is 0 Å². The number of nitrogens with zero attached hydrogens (tertiary/aromatic N) is 1. The van der Waals surface area contributed by atoms with Gasteiger partial charge in [0.15, 0.2) is 0 Å². The molecular weight excluding hydrogens is 260 g/mol. The van der Waals surface area contributed by atoms with Crippen LogP contribution in [0.15, 0.2) is 10.5 Å². The maximum absolute atomic E-state index is 11.6. The molecule has 0 saturated heterocycles. The zero-order valence-corrected chi connectivity index (χ0v) is 12.6. The molecule has 0 atom stereocenters. The highest BCUT2D eigenvalue weighted by atomic mass is 16.5. The van der Waals surface area contributed by atoms with Gasteiger partial charge in [-0.25, -0.2) is 4.79 Å². The van der Waals surface area contributed by atoms with Crippen LogP contribution >= 0.6 is 0 Å². The van der Waals surface area contributed by atoms with Gasteiger partial charge in [-0.15, -0.1) is 0 Å². The van der Waals surface area contributed by atoms with E-state index in [0.717, 1.165) is 5.56 Å². The Hall–Kier alpha value is -1.82. The summed E-state index contributed by atoms with van der Waals surface area (Å²) in [6.45, 7) is 6.33. The molecule has 0 fully saturated rings. The molecule has 0 aromatic carbocycles. The van der Waals surface area contributed by atoms with Gasteiger partial charge in [0.2, 0.25) is 11.7 Å². The maximum Gasteiger partial charge on any atom is 0.374 e. The largest absolute Gasteiger partial charge is 0.463 e. The van der Waals surface area contributed by atoms with Gasteiger partial charge in [-0.05, 0) is 33.9 Å². The normalized spacial score (nSPS) is 10.9. The number of hydrogen-bond donors (Lipinski definition) is 1. The Morgan fingerprint density at radius 1 is 1.45 bits per heavy atom. The highest BCUT2D eigenvalue weighted by molar-refractivity contribution is 5.87. The molecule has 1 amide bonds. The number of likely N-dealkylation sites (N-methyl/N-ethyl adjacent to an activating group) is 1. The molecule has 0 aliphatic heterocycles. The van der Waals surface area contributed by atoms with Gasteiger partial charge in [0, 0.05) is 11.6 Å². The molecule has 1 N–H and O–H groups in total. The van der Waals surface area contributed by atoms with Crippen molar-refractivity contribution in [3.63, 3.8) is 0 Å². The summed E-state index contributed by atoms with van der Waals surface area (Å²) in [4.78, 5) is 24.9. The fourth-order valence-corrected chi connectivity index (χ4v) is 1.86. The summed E-state index contributed by atoms with van der Waals surface area (Å²) in [5, 5.41) is 2.82. The summed E-state index contributed by atoms with van der Waals surface area (Å²) in [5.41, 5.74) is 0.729. The second-order valence-corrected chi connectivity index (χ2v) is 5.11. The van der Waals surface area contributed by atoms with Crippen molar-refractivity contribution in [2.75, 3.05) is 20.7 Å². The second kappa shape index (κ2) is 7.09. The SMILES string of the molecule is COC(=O)c1oc(CN(C)CC(=O)NC(C)C)cc1C. The molecule has 1 heterocycles. The molecule has 6 nitrogen and oxygen atoms in total. The molecule has 20 heavy (non-hydrogen) atoms. The Morgan fingerprint density at radius 3 is 2.65 bits per heavy atom. The van der Waals surface area contributed by atoms with E-state index in [1.807, 2.05) is 25.8 Å². The lowest BCUT2D eigenvalue weighted by Gasteiger charge is -2.16. The van der Waals surface area contributed by atoms with Gasteiger partial charge in [-0.1, -0.05) is 0 Å². The first-order valence-electron chi connectivity index (χ1n) is 6.49. The fraction of sp³-hybridized carbons (Fsp3) is 0.571. The number of rotatable bonds is 6. The molecule has 112 valence electrons. The van der Waals surface area contributed by atoms with Crippen LogP contribution < -0.4 is 5.32 Å². The first-order chi connectivity index (χ1) is 9.33. The van der Waals surface area contributed by atoms with Gasteiger partial charge in [0.05, 0.1) is 20.2 Å². The number of aryl methyl sites for hydroxylation is 1. The van der Waals surface area contributed by atoms with E-state index in [2.05, 4.69) is 10.1 Å². The summed E-state index contributed by atoms with van der Waals surface area (Å²) in [6, 6.07) is 1.90. The topological polar surface area (TPSA) is 71.8 Å². The zero-order valence-electron chi connectivity index (χ0n) is 12.6. The molecule has 1 aromatic rings. The van der Waals surface area contributed by atoms with Crippen LogP contribution in [-0.4, -0.2) is 43.5 Å². The molecule has 0 aliphatic rings. The van der Waals surface area contributed by atoms with Gasteiger partial charge < -0.3 is 14.5 Å². The van der Waals surface area contributed by atoms with E-state index >= 15 is 0 Å². The summed E-state index contributed by atoms with van der Waals surface area (Å²) in [7, 11) is 3.13. The third-order valence-electron chi connectivity index (χ3n) is 2.63. The Morgan fingerprint density at radius 2 is 2.10 bits per heavy atom.